The van der Waals surface area contributed by atoms with Crippen molar-refractivity contribution < 1.29 is 0 Å². The molecular formula is C12H12N4. The SMILES string of the molecule is N#Cc1nc2ccccc2cc1NCCN. The summed E-state index contributed by atoms with van der Waals surface area (Å²) in [5.41, 5.74) is 7.40. The van der Waals surface area contributed by atoms with Crippen LogP contribution in [0.3, 0.4) is 0 Å². The molecule has 0 amide bonds. The third-order valence-electron chi connectivity index (χ3n) is 2.29. The Morgan fingerprint density at radius 1 is 1.38 bits per heavy atom. The first-order chi connectivity index (χ1) is 7.85. The highest BCUT2D eigenvalue weighted by molar-refractivity contribution is 5.83. The summed E-state index contributed by atoms with van der Waals surface area (Å²) in [6, 6.07) is 11.7. The van der Waals surface area contributed by atoms with E-state index in [4.69, 9.17) is 11.0 Å². The molecule has 2 rings (SSSR count). The summed E-state index contributed by atoms with van der Waals surface area (Å²) in [6.45, 7) is 1.16. The Morgan fingerprint density at radius 2 is 2.19 bits per heavy atom. The van der Waals surface area contributed by atoms with Crippen LogP contribution in [0.5, 0.6) is 0 Å². The molecule has 4 heteroatoms. The van der Waals surface area contributed by atoms with E-state index in [-0.39, 0.29) is 0 Å². The number of aromatic nitrogens is 1. The number of hydrogen-bond acceptors (Lipinski definition) is 4. The summed E-state index contributed by atoms with van der Waals surface area (Å²) in [5, 5.41) is 13.1. The molecule has 3 N–H and O–H groups in total. The topological polar surface area (TPSA) is 74.7 Å². The van der Waals surface area contributed by atoms with E-state index in [1.165, 1.54) is 0 Å². The highest BCUT2D eigenvalue weighted by atomic mass is 14.9. The smallest absolute Gasteiger partial charge is 0.164 e. The summed E-state index contributed by atoms with van der Waals surface area (Å²) in [5.74, 6) is 0. The van der Waals surface area contributed by atoms with Crippen LogP contribution >= 0.6 is 0 Å². The van der Waals surface area contributed by atoms with Gasteiger partial charge in [0, 0.05) is 18.5 Å². The Labute approximate surface area is 93.7 Å². The highest BCUT2D eigenvalue weighted by Crippen LogP contribution is 2.19. The molecule has 16 heavy (non-hydrogen) atoms. The zero-order valence-corrected chi connectivity index (χ0v) is 8.77. The maximum absolute atomic E-state index is 8.99. The number of nitriles is 1. The van der Waals surface area contributed by atoms with Crippen molar-refractivity contribution >= 4 is 16.6 Å². The highest BCUT2D eigenvalue weighted by Gasteiger charge is 2.04. The summed E-state index contributed by atoms with van der Waals surface area (Å²) in [4.78, 5) is 4.28. The number of rotatable bonds is 3. The van der Waals surface area contributed by atoms with Gasteiger partial charge in [0.25, 0.3) is 0 Å². The quantitative estimate of drug-likeness (QED) is 0.808. The van der Waals surface area contributed by atoms with Gasteiger partial charge in [0.1, 0.15) is 6.07 Å². The van der Waals surface area contributed by atoms with Crippen LogP contribution in [0.4, 0.5) is 5.69 Å². The fourth-order valence-corrected chi connectivity index (χ4v) is 1.54. The number of nitrogens with one attached hydrogen (secondary N) is 1. The van der Waals surface area contributed by atoms with Crippen LogP contribution in [-0.4, -0.2) is 18.1 Å². The van der Waals surface area contributed by atoms with Crippen LogP contribution < -0.4 is 11.1 Å². The van der Waals surface area contributed by atoms with Crippen LogP contribution in [0, 0.1) is 11.3 Å². The van der Waals surface area contributed by atoms with E-state index in [9.17, 15) is 0 Å². The summed E-state index contributed by atoms with van der Waals surface area (Å²) in [7, 11) is 0. The second-order valence-corrected chi connectivity index (χ2v) is 3.40. The average Bonchev–Trinajstić information content (AvgIpc) is 2.35. The van der Waals surface area contributed by atoms with Crippen molar-refractivity contribution in [3.63, 3.8) is 0 Å². The number of anilines is 1. The minimum Gasteiger partial charge on any atom is -0.381 e. The van der Waals surface area contributed by atoms with Crippen LogP contribution in [0.1, 0.15) is 5.69 Å². The van der Waals surface area contributed by atoms with Gasteiger partial charge in [-0.05, 0) is 12.1 Å². The van der Waals surface area contributed by atoms with E-state index in [0.29, 0.717) is 18.8 Å². The largest absolute Gasteiger partial charge is 0.381 e. The van der Waals surface area contributed by atoms with Crippen molar-refractivity contribution in [1.82, 2.24) is 4.98 Å². The molecule has 0 saturated carbocycles. The van der Waals surface area contributed by atoms with Crippen molar-refractivity contribution in [3.8, 4) is 6.07 Å². The Bertz CT molecular complexity index is 542. The van der Waals surface area contributed by atoms with Crippen molar-refractivity contribution in [2.24, 2.45) is 5.73 Å². The van der Waals surface area contributed by atoms with E-state index in [0.717, 1.165) is 16.6 Å². The second-order valence-electron chi connectivity index (χ2n) is 3.40. The molecule has 0 spiro atoms. The molecule has 0 atom stereocenters. The second kappa shape index (κ2) is 4.60. The first kappa shape index (κ1) is 10.4. The number of pyridine rings is 1. The number of hydrogen-bond donors (Lipinski definition) is 2. The van der Waals surface area contributed by atoms with Gasteiger partial charge >= 0.3 is 0 Å². The van der Waals surface area contributed by atoms with Crippen molar-refractivity contribution in [2.45, 2.75) is 0 Å². The monoisotopic (exact) mass is 212 g/mol. The predicted molar refractivity (Wildman–Crippen MR) is 64.0 cm³/mol. The minimum absolute atomic E-state index is 0.409. The van der Waals surface area contributed by atoms with E-state index in [1.54, 1.807) is 0 Å². The van der Waals surface area contributed by atoms with Gasteiger partial charge in [-0.3, -0.25) is 0 Å². The molecular weight excluding hydrogens is 200 g/mol. The number of benzene rings is 1. The molecule has 0 radical (unpaired) electrons. The molecule has 0 aliphatic heterocycles. The van der Waals surface area contributed by atoms with Crippen LogP contribution in [0.2, 0.25) is 0 Å². The van der Waals surface area contributed by atoms with Gasteiger partial charge in [0.15, 0.2) is 5.69 Å². The molecule has 0 aliphatic carbocycles. The predicted octanol–water partition coefficient (Wildman–Crippen LogP) is 1.48. The minimum atomic E-state index is 0.409. The molecule has 4 nitrogen and oxygen atoms in total. The lowest BCUT2D eigenvalue weighted by Crippen LogP contribution is -2.14. The standard InChI is InChI=1S/C12H12N4/c13-5-6-15-11-7-9-3-1-2-4-10(9)16-12(11)8-14/h1-4,7,15H,5-6,13H2. The fraction of sp³-hybridized carbons (Fsp3) is 0.167. The van der Waals surface area contributed by atoms with Crippen molar-refractivity contribution in [3.05, 3.63) is 36.0 Å². The Balaban J connectivity index is 2.50. The molecule has 1 aromatic carbocycles. The zero-order valence-electron chi connectivity index (χ0n) is 8.77. The number of nitrogens with two attached hydrogens (primary N) is 1. The average molecular weight is 212 g/mol. The van der Waals surface area contributed by atoms with Gasteiger partial charge in [0.05, 0.1) is 11.2 Å². The number of nitrogens with zero attached hydrogens (tertiary/aromatic N) is 2. The third-order valence-corrected chi connectivity index (χ3v) is 2.29. The molecule has 1 aromatic heterocycles. The van der Waals surface area contributed by atoms with Gasteiger partial charge in [-0.25, -0.2) is 4.98 Å². The lowest BCUT2D eigenvalue weighted by Gasteiger charge is -2.07. The maximum Gasteiger partial charge on any atom is 0.164 e. The molecule has 0 bridgehead atoms. The third kappa shape index (κ3) is 1.95. The molecule has 2 aromatic rings. The molecule has 0 aliphatic rings. The van der Waals surface area contributed by atoms with Gasteiger partial charge in [-0.15, -0.1) is 0 Å². The first-order valence-corrected chi connectivity index (χ1v) is 5.09. The number of fused-ring (bicyclic) bond motifs is 1. The van der Waals surface area contributed by atoms with Crippen molar-refractivity contribution in [2.75, 3.05) is 18.4 Å². The number of para-hydroxylation sites is 1. The van der Waals surface area contributed by atoms with E-state index < -0.39 is 0 Å². The van der Waals surface area contributed by atoms with Gasteiger partial charge < -0.3 is 11.1 Å². The van der Waals surface area contributed by atoms with E-state index in [2.05, 4.69) is 16.4 Å². The lowest BCUT2D eigenvalue weighted by molar-refractivity contribution is 1.02. The van der Waals surface area contributed by atoms with E-state index in [1.807, 2.05) is 30.3 Å². The first-order valence-electron chi connectivity index (χ1n) is 5.09. The Hall–Kier alpha value is -2.12. The van der Waals surface area contributed by atoms with Crippen LogP contribution in [-0.2, 0) is 0 Å². The van der Waals surface area contributed by atoms with Gasteiger partial charge in [-0.1, -0.05) is 18.2 Å². The lowest BCUT2D eigenvalue weighted by atomic mass is 10.2. The zero-order chi connectivity index (χ0) is 11.4. The van der Waals surface area contributed by atoms with Gasteiger partial charge in [-0.2, -0.15) is 5.26 Å². The summed E-state index contributed by atoms with van der Waals surface area (Å²) in [6.07, 6.45) is 0. The van der Waals surface area contributed by atoms with Crippen LogP contribution in [0.25, 0.3) is 10.9 Å². The van der Waals surface area contributed by atoms with Gasteiger partial charge in [0.2, 0.25) is 0 Å². The van der Waals surface area contributed by atoms with E-state index >= 15 is 0 Å². The molecule has 0 saturated heterocycles. The molecule has 80 valence electrons. The Morgan fingerprint density at radius 3 is 2.94 bits per heavy atom. The maximum atomic E-state index is 8.99. The fourth-order valence-electron chi connectivity index (χ4n) is 1.54. The molecule has 0 unspecified atom stereocenters. The summed E-state index contributed by atoms with van der Waals surface area (Å²) >= 11 is 0. The Kier molecular flexibility index (Phi) is 2.99. The summed E-state index contributed by atoms with van der Waals surface area (Å²) < 4.78 is 0. The van der Waals surface area contributed by atoms with Crippen LogP contribution in [0.15, 0.2) is 30.3 Å². The van der Waals surface area contributed by atoms with Crippen molar-refractivity contribution in [1.29, 1.82) is 5.26 Å². The normalized spacial score (nSPS) is 10.0. The molecule has 0 fully saturated rings. The molecule has 1 heterocycles.